The summed E-state index contributed by atoms with van der Waals surface area (Å²) in [5.41, 5.74) is 4.97. The first-order chi connectivity index (χ1) is 20.9. The molecule has 4 heterocycles. The summed E-state index contributed by atoms with van der Waals surface area (Å²) in [4.78, 5) is 35.6. The fourth-order valence-corrected chi connectivity index (χ4v) is 8.47. The lowest BCUT2D eigenvalue weighted by molar-refractivity contribution is -0.124. The summed E-state index contributed by atoms with van der Waals surface area (Å²) in [6, 6.07) is 29.6. The first-order valence-electron chi connectivity index (χ1n) is 14.5. The van der Waals surface area contributed by atoms with Crippen LogP contribution in [-0.4, -0.2) is 54.8 Å². The summed E-state index contributed by atoms with van der Waals surface area (Å²) in [6.07, 6.45) is 0. The van der Waals surface area contributed by atoms with E-state index in [4.69, 9.17) is 16.0 Å². The molecule has 2 saturated heterocycles. The molecular formula is C34H29ClN4O3S. The molecule has 216 valence electrons. The van der Waals surface area contributed by atoms with Gasteiger partial charge in [-0.3, -0.25) is 24.3 Å². The molecule has 7 nitrogen and oxygen atoms in total. The van der Waals surface area contributed by atoms with Crippen molar-refractivity contribution in [3.05, 3.63) is 102 Å². The number of carbonyl (C=O) groups is 2. The van der Waals surface area contributed by atoms with Crippen molar-refractivity contribution in [2.75, 3.05) is 47.5 Å². The van der Waals surface area contributed by atoms with Crippen molar-refractivity contribution in [1.82, 2.24) is 4.90 Å². The molecule has 2 atom stereocenters. The normalized spacial score (nSPS) is 22.5. The Hall–Kier alpha value is -3.98. The molecule has 2 amide bonds. The van der Waals surface area contributed by atoms with E-state index in [2.05, 4.69) is 15.9 Å². The van der Waals surface area contributed by atoms with Crippen LogP contribution in [0.4, 0.5) is 17.1 Å². The number of halogens is 1. The van der Waals surface area contributed by atoms with Gasteiger partial charge in [-0.25, -0.2) is 0 Å². The van der Waals surface area contributed by atoms with Crippen molar-refractivity contribution in [3.63, 3.8) is 0 Å². The molecule has 43 heavy (non-hydrogen) atoms. The molecule has 0 radical (unpaired) electrons. The van der Waals surface area contributed by atoms with E-state index in [1.807, 2.05) is 96.8 Å². The number of furan rings is 1. The quantitative estimate of drug-likeness (QED) is 0.227. The first-order valence-corrected chi connectivity index (χ1v) is 15.8. The van der Waals surface area contributed by atoms with Crippen molar-refractivity contribution in [2.24, 2.45) is 0 Å². The van der Waals surface area contributed by atoms with E-state index >= 15 is 0 Å². The highest BCUT2D eigenvalue weighted by molar-refractivity contribution is 8.03. The van der Waals surface area contributed by atoms with E-state index in [-0.39, 0.29) is 17.1 Å². The number of benzene rings is 4. The summed E-state index contributed by atoms with van der Waals surface area (Å²) in [7, 11) is 0. The SMILES string of the molecule is C[C@@H]1S[C@@]2(C(=O)N(CN3CCN(c4cccc(Cl)c4)CC3)c3ccccc32)N(c2ccc3c(c2)oc2ccccc23)C1=O. The van der Waals surface area contributed by atoms with Crippen LogP contribution in [0.15, 0.2) is 95.4 Å². The van der Waals surface area contributed by atoms with Gasteiger partial charge in [0, 0.05) is 65.0 Å². The molecule has 2 fully saturated rings. The largest absolute Gasteiger partial charge is 0.456 e. The second kappa shape index (κ2) is 10.0. The van der Waals surface area contributed by atoms with Gasteiger partial charge in [0.2, 0.25) is 10.8 Å². The van der Waals surface area contributed by atoms with Crippen LogP contribution in [0.25, 0.3) is 21.9 Å². The molecule has 5 aromatic rings. The first kappa shape index (κ1) is 26.6. The van der Waals surface area contributed by atoms with Gasteiger partial charge in [0.15, 0.2) is 0 Å². The van der Waals surface area contributed by atoms with Crippen LogP contribution < -0.4 is 14.7 Å². The van der Waals surface area contributed by atoms with Crippen LogP contribution >= 0.6 is 23.4 Å². The average Bonchev–Trinajstić information content (AvgIpc) is 3.61. The molecule has 0 saturated carbocycles. The van der Waals surface area contributed by atoms with Crippen LogP contribution in [0.3, 0.4) is 0 Å². The number of carbonyl (C=O) groups excluding carboxylic acids is 2. The van der Waals surface area contributed by atoms with Crippen LogP contribution in [0.2, 0.25) is 5.02 Å². The van der Waals surface area contributed by atoms with E-state index in [9.17, 15) is 9.59 Å². The third kappa shape index (κ3) is 4.08. The minimum atomic E-state index is -1.19. The highest BCUT2D eigenvalue weighted by atomic mass is 35.5. The van der Waals surface area contributed by atoms with Crippen molar-refractivity contribution >= 4 is 74.2 Å². The van der Waals surface area contributed by atoms with Crippen molar-refractivity contribution < 1.29 is 14.0 Å². The van der Waals surface area contributed by atoms with E-state index in [0.717, 1.165) is 64.5 Å². The number of nitrogens with zero attached hydrogens (tertiary/aromatic N) is 4. The van der Waals surface area contributed by atoms with E-state index < -0.39 is 4.87 Å². The minimum absolute atomic E-state index is 0.0828. The third-order valence-electron chi connectivity index (χ3n) is 8.83. The second-order valence-corrected chi connectivity index (χ2v) is 13.3. The van der Waals surface area contributed by atoms with Gasteiger partial charge in [-0.15, -0.1) is 11.8 Å². The van der Waals surface area contributed by atoms with Gasteiger partial charge in [0.25, 0.3) is 5.91 Å². The number of hydrogen-bond acceptors (Lipinski definition) is 6. The second-order valence-electron chi connectivity index (χ2n) is 11.3. The molecule has 9 heteroatoms. The Kier molecular flexibility index (Phi) is 6.22. The van der Waals surface area contributed by atoms with Gasteiger partial charge in [0.1, 0.15) is 11.2 Å². The smallest absolute Gasteiger partial charge is 0.269 e. The summed E-state index contributed by atoms with van der Waals surface area (Å²) in [5.74, 6) is -0.168. The van der Waals surface area contributed by atoms with Crippen molar-refractivity contribution in [3.8, 4) is 0 Å². The molecule has 0 N–H and O–H groups in total. The molecule has 1 spiro atoms. The monoisotopic (exact) mass is 608 g/mol. The van der Waals surface area contributed by atoms with Crippen LogP contribution in [-0.2, 0) is 14.5 Å². The highest BCUT2D eigenvalue weighted by Crippen LogP contribution is 2.58. The fraction of sp³-hybridized carbons (Fsp3) is 0.235. The third-order valence-corrected chi connectivity index (χ3v) is 10.5. The number of amides is 2. The number of rotatable bonds is 4. The number of para-hydroxylation sites is 2. The van der Waals surface area contributed by atoms with Crippen molar-refractivity contribution in [1.29, 1.82) is 0 Å². The van der Waals surface area contributed by atoms with Gasteiger partial charge in [-0.05, 0) is 49.4 Å². The molecular weight excluding hydrogens is 580 g/mol. The summed E-state index contributed by atoms with van der Waals surface area (Å²) < 4.78 is 6.17. The maximum Gasteiger partial charge on any atom is 0.269 e. The maximum absolute atomic E-state index is 14.7. The predicted octanol–water partition coefficient (Wildman–Crippen LogP) is 6.69. The summed E-state index contributed by atoms with van der Waals surface area (Å²) in [6.45, 7) is 5.63. The maximum atomic E-state index is 14.7. The highest BCUT2D eigenvalue weighted by Gasteiger charge is 2.63. The molecule has 0 bridgehead atoms. The van der Waals surface area contributed by atoms with Gasteiger partial charge >= 0.3 is 0 Å². The Morgan fingerprint density at radius 1 is 0.837 bits per heavy atom. The Labute approximate surface area is 258 Å². The number of fused-ring (bicyclic) bond motifs is 5. The molecule has 3 aliphatic rings. The molecule has 3 aliphatic heterocycles. The van der Waals surface area contributed by atoms with Crippen LogP contribution in [0, 0.1) is 0 Å². The lowest BCUT2D eigenvalue weighted by Gasteiger charge is -2.38. The van der Waals surface area contributed by atoms with Gasteiger partial charge in [0.05, 0.1) is 17.6 Å². The Balaban J connectivity index is 1.13. The predicted molar refractivity (Wildman–Crippen MR) is 174 cm³/mol. The molecule has 8 rings (SSSR count). The Morgan fingerprint density at radius 2 is 1.60 bits per heavy atom. The van der Waals surface area contributed by atoms with E-state index in [0.29, 0.717) is 17.9 Å². The number of anilines is 3. The average molecular weight is 609 g/mol. The van der Waals surface area contributed by atoms with Gasteiger partial charge < -0.3 is 9.32 Å². The standard InChI is InChI=1S/C34H29ClN4O3S/c1-22-32(40)39(25-13-14-27-26-9-2-5-12-30(26)42-31(27)20-25)34(43-22)28-10-3-4-11-29(28)38(33(34)41)21-36-15-17-37(18-16-36)24-8-6-7-23(35)19-24/h2-14,19-20,22H,15-18,21H2,1H3/t22-,34-/m0/s1. The molecule has 4 aromatic carbocycles. The van der Waals surface area contributed by atoms with Gasteiger partial charge in [-0.1, -0.05) is 54.1 Å². The fourth-order valence-electron chi connectivity index (χ4n) is 6.75. The summed E-state index contributed by atoms with van der Waals surface area (Å²) >= 11 is 7.66. The number of piperazine rings is 1. The Bertz CT molecular complexity index is 1920. The van der Waals surface area contributed by atoms with E-state index in [1.54, 1.807) is 4.90 Å². The zero-order valence-electron chi connectivity index (χ0n) is 23.6. The lowest BCUT2D eigenvalue weighted by Crippen LogP contribution is -2.54. The van der Waals surface area contributed by atoms with Crippen LogP contribution in [0.5, 0.6) is 0 Å². The topological polar surface area (TPSA) is 60.2 Å². The zero-order valence-corrected chi connectivity index (χ0v) is 25.1. The Morgan fingerprint density at radius 3 is 2.44 bits per heavy atom. The summed E-state index contributed by atoms with van der Waals surface area (Å²) in [5, 5.41) is 2.35. The van der Waals surface area contributed by atoms with E-state index in [1.165, 1.54) is 11.8 Å². The van der Waals surface area contributed by atoms with Crippen LogP contribution in [0.1, 0.15) is 12.5 Å². The molecule has 0 unspecified atom stereocenters. The minimum Gasteiger partial charge on any atom is -0.456 e. The molecule has 0 aliphatic carbocycles. The zero-order chi connectivity index (χ0) is 29.3. The molecule has 1 aromatic heterocycles. The van der Waals surface area contributed by atoms with Crippen molar-refractivity contribution in [2.45, 2.75) is 17.0 Å². The lowest BCUT2D eigenvalue weighted by atomic mass is 10.0. The number of hydrogen-bond donors (Lipinski definition) is 0. The van der Waals surface area contributed by atoms with Gasteiger partial charge in [-0.2, -0.15) is 0 Å². The number of thioether (sulfide) groups is 1.